The van der Waals surface area contributed by atoms with E-state index >= 15 is 0 Å². The number of hydrogen-bond donors (Lipinski definition) is 0. The summed E-state index contributed by atoms with van der Waals surface area (Å²) in [4.78, 5) is 54.2. The third-order valence-electron chi connectivity index (χ3n) is 5.16. The van der Waals surface area contributed by atoms with E-state index in [9.17, 15) is 19.2 Å². The van der Waals surface area contributed by atoms with Crippen LogP contribution in [0.3, 0.4) is 0 Å². The molecule has 0 saturated heterocycles. The first-order chi connectivity index (χ1) is 17.0. The van der Waals surface area contributed by atoms with Crippen LogP contribution in [-0.4, -0.2) is 38.7 Å². The average molecular weight is 571 g/mol. The molecule has 7 heteroatoms. The molecule has 0 unspecified atom stereocenters. The van der Waals surface area contributed by atoms with Gasteiger partial charge in [-0.1, -0.05) is 0 Å². The van der Waals surface area contributed by atoms with Crippen LogP contribution in [0.4, 0.5) is 0 Å². The van der Waals surface area contributed by atoms with E-state index < -0.39 is 38.7 Å². The number of carbonyl (C=O) groups is 4. The monoisotopic (exact) mass is 572 g/mol. The third kappa shape index (κ3) is 5.38. The minimum atomic E-state index is -6.00. The zero-order valence-corrected chi connectivity index (χ0v) is 21.4. The van der Waals surface area contributed by atoms with E-state index in [-0.39, 0.29) is 22.3 Å². The summed E-state index contributed by atoms with van der Waals surface area (Å²) >= 11 is -6.00. The molecule has 0 amide bonds. The molecule has 4 aromatic rings. The molecule has 0 spiro atoms. The van der Waals surface area contributed by atoms with E-state index in [2.05, 4.69) is 0 Å². The predicted molar refractivity (Wildman–Crippen MR) is 131 cm³/mol. The van der Waals surface area contributed by atoms with Gasteiger partial charge in [0, 0.05) is 0 Å². The molecule has 0 radical (unpaired) electrons. The van der Waals surface area contributed by atoms with Crippen molar-refractivity contribution in [3.63, 3.8) is 0 Å². The Hall–Kier alpha value is -4.04. The molecule has 0 bridgehead atoms. The summed E-state index contributed by atoms with van der Waals surface area (Å²) in [5.74, 6) is -1.81. The number of rotatable bonds is 8. The molecule has 0 atom stereocenters. The summed E-state index contributed by atoms with van der Waals surface area (Å²) in [6, 6.07) is 31.8. The Morgan fingerprint density at radius 3 is 0.943 bits per heavy atom. The van der Waals surface area contributed by atoms with Crippen LogP contribution >= 0.6 is 0 Å². The van der Waals surface area contributed by atoms with Gasteiger partial charge in [-0.2, -0.15) is 0 Å². The second-order valence-corrected chi connectivity index (χ2v) is 14.8. The molecule has 0 aliphatic rings. The average Bonchev–Trinajstić information content (AvgIpc) is 2.93. The van der Waals surface area contributed by atoms with Crippen molar-refractivity contribution in [2.45, 2.75) is 0 Å². The molecule has 0 heterocycles. The van der Waals surface area contributed by atoms with Crippen molar-refractivity contribution >= 4 is 38.7 Å². The molecule has 0 fully saturated rings. The topological polar surface area (TPSA) is 86.7 Å². The Balaban J connectivity index is 1.87. The zero-order valence-electron chi connectivity index (χ0n) is 18.5. The van der Waals surface area contributed by atoms with Crippen LogP contribution in [0.25, 0.3) is 0 Å². The van der Waals surface area contributed by atoms with Crippen molar-refractivity contribution in [1.29, 1.82) is 0 Å². The van der Waals surface area contributed by atoms with Crippen LogP contribution < -0.4 is 0 Å². The third-order valence-corrected chi connectivity index (χ3v) is 12.9. The minimum absolute atomic E-state index is 0.120. The van der Waals surface area contributed by atoms with E-state index in [1.807, 2.05) is 0 Å². The van der Waals surface area contributed by atoms with Crippen molar-refractivity contribution in [3.05, 3.63) is 144 Å². The van der Waals surface area contributed by atoms with E-state index in [1.165, 1.54) is 48.5 Å². The molecule has 0 aliphatic carbocycles. The van der Waals surface area contributed by atoms with Gasteiger partial charge in [0.25, 0.3) is 0 Å². The molecule has 4 rings (SSSR count). The summed E-state index contributed by atoms with van der Waals surface area (Å²) in [5.41, 5.74) is 0.501. The fraction of sp³-hybridized carbons (Fsp3) is 0. The predicted octanol–water partition coefficient (Wildman–Crippen LogP) is 4.99. The van der Waals surface area contributed by atoms with Crippen molar-refractivity contribution in [2.75, 3.05) is 0 Å². The van der Waals surface area contributed by atoms with E-state index in [4.69, 9.17) is 6.15 Å². The van der Waals surface area contributed by atoms with E-state index in [1.54, 1.807) is 72.8 Å². The summed E-state index contributed by atoms with van der Waals surface area (Å²) in [6.45, 7) is 0. The normalized spacial score (nSPS) is 10.7. The summed E-state index contributed by atoms with van der Waals surface area (Å²) in [5, 5.41) is 0. The maximum absolute atomic E-state index is 13.9. The summed E-state index contributed by atoms with van der Waals surface area (Å²) < 4.78 is 10.0. The molecule has 4 aromatic carbocycles. The van der Waals surface area contributed by atoms with Crippen LogP contribution in [0.5, 0.6) is 0 Å². The zero-order chi connectivity index (χ0) is 24.7. The molecular weight excluding hydrogens is 551 g/mol. The Bertz CT molecular complexity index is 1230. The van der Waals surface area contributed by atoms with Gasteiger partial charge in [0.15, 0.2) is 0 Å². The van der Waals surface area contributed by atoms with Crippen LogP contribution in [0.15, 0.2) is 121 Å². The second kappa shape index (κ2) is 10.9. The van der Waals surface area contributed by atoms with Crippen LogP contribution in [0.1, 0.15) is 41.4 Å². The summed E-state index contributed by atoms with van der Waals surface area (Å²) in [7, 11) is 0. The fourth-order valence-corrected chi connectivity index (χ4v) is 10.4. The number of hydrogen-bond acceptors (Lipinski definition) is 6. The van der Waals surface area contributed by atoms with Gasteiger partial charge < -0.3 is 0 Å². The van der Waals surface area contributed by atoms with Crippen molar-refractivity contribution in [3.8, 4) is 0 Å². The fourth-order valence-electron chi connectivity index (χ4n) is 3.40. The first-order valence-electron chi connectivity index (χ1n) is 10.8. The van der Waals surface area contributed by atoms with Crippen LogP contribution in [0, 0.1) is 0 Å². The van der Waals surface area contributed by atoms with Crippen LogP contribution in [0.2, 0.25) is 0 Å². The number of benzene rings is 4. The molecule has 6 nitrogen and oxygen atoms in total. The standard InChI is InChI=1S/2C7H6O2.2C7H5O.Sn/c2*8-7(9)6-4-2-1-3-5-6;2*8-6-7-4-2-1-3-5-7;/h2*1-5H,(H,8,9);2*1-5H;/q;;;;+2/p-2. The first kappa shape index (κ1) is 24.1. The van der Waals surface area contributed by atoms with Gasteiger partial charge in [-0.15, -0.1) is 0 Å². The molecular formula is C28H20O6Sn. The molecule has 0 N–H and O–H groups in total. The SMILES string of the molecule is O=C([O][Sn]([O]C(=O)c1ccccc1)([C](=O)c1ccccc1)[C](=O)c1ccccc1)c1ccccc1. The Morgan fingerprint density at radius 2 is 0.657 bits per heavy atom. The van der Waals surface area contributed by atoms with Gasteiger partial charge in [-0.3, -0.25) is 0 Å². The number of carbonyl (C=O) groups excluding carboxylic acids is 4. The van der Waals surface area contributed by atoms with Crippen molar-refractivity contribution in [2.24, 2.45) is 0 Å². The van der Waals surface area contributed by atoms with Gasteiger partial charge in [0.1, 0.15) is 0 Å². The first-order valence-corrected chi connectivity index (χ1v) is 16.0. The van der Waals surface area contributed by atoms with Gasteiger partial charge in [0.05, 0.1) is 0 Å². The van der Waals surface area contributed by atoms with Gasteiger partial charge >= 0.3 is 208 Å². The molecule has 35 heavy (non-hydrogen) atoms. The quantitative estimate of drug-likeness (QED) is 0.277. The van der Waals surface area contributed by atoms with Crippen LogP contribution in [-0.2, 0) is 6.15 Å². The van der Waals surface area contributed by atoms with Crippen molar-refractivity contribution in [1.82, 2.24) is 0 Å². The Labute approximate surface area is 207 Å². The van der Waals surface area contributed by atoms with Gasteiger partial charge in [-0.05, 0) is 0 Å². The molecule has 0 saturated carbocycles. The van der Waals surface area contributed by atoms with E-state index in [0.717, 1.165) is 0 Å². The van der Waals surface area contributed by atoms with E-state index in [0.29, 0.717) is 0 Å². The van der Waals surface area contributed by atoms with Gasteiger partial charge in [0.2, 0.25) is 0 Å². The Kier molecular flexibility index (Phi) is 7.52. The molecule has 0 aromatic heterocycles. The maximum atomic E-state index is 13.9. The Morgan fingerprint density at radius 1 is 0.400 bits per heavy atom. The molecule has 172 valence electrons. The summed E-state index contributed by atoms with van der Waals surface area (Å²) in [6.07, 6.45) is 0. The molecule has 0 aliphatic heterocycles. The second-order valence-electron chi connectivity index (χ2n) is 7.52. The van der Waals surface area contributed by atoms with Crippen molar-refractivity contribution < 1.29 is 25.3 Å². The van der Waals surface area contributed by atoms with Gasteiger partial charge in [-0.25, -0.2) is 0 Å².